The van der Waals surface area contributed by atoms with Crippen LogP contribution in [0.4, 0.5) is 0 Å². The molecule has 11 heteroatoms. The Morgan fingerprint density at radius 3 is 2.58 bits per heavy atom. The highest BCUT2D eigenvalue weighted by Gasteiger charge is 2.23. The number of aromatic nitrogens is 5. The molecule has 1 saturated heterocycles. The Labute approximate surface area is 178 Å². The minimum absolute atomic E-state index is 0.00775. The maximum absolute atomic E-state index is 13.0. The van der Waals surface area contributed by atoms with Gasteiger partial charge >= 0.3 is 5.69 Å². The van der Waals surface area contributed by atoms with Gasteiger partial charge in [-0.2, -0.15) is 0 Å². The van der Waals surface area contributed by atoms with Gasteiger partial charge in [0, 0.05) is 52.4 Å². The zero-order valence-corrected chi connectivity index (χ0v) is 18.3. The van der Waals surface area contributed by atoms with Crippen molar-refractivity contribution in [3.8, 4) is 0 Å². The number of amides is 1. The first-order valence-electron chi connectivity index (χ1n) is 10.3. The first kappa shape index (κ1) is 21.0. The first-order chi connectivity index (χ1) is 14.8. The Balaban J connectivity index is 1.47. The monoisotopic (exact) mass is 429 g/mol. The van der Waals surface area contributed by atoms with Gasteiger partial charge in [-0.1, -0.05) is 5.16 Å². The molecule has 0 aliphatic carbocycles. The fourth-order valence-corrected chi connectivity index (χ4v) is 4.09. The van der Waals surface area contributed by atoms with Crippen molar-refractivity contribution >= 4 is 17.1 Å². The van der Waals surface area contributed by atoms with Crippen LogP contribution in [0, 0.1) is 13.8 Å². The Bertz CT molecular complexity index is 1230. The molecule has 1 aliphatic rings. The summed E-state index contributed by atoms with van der Waals surface area (Å²) in [7, 11) is 2.98. The van der Waals surface area contributed by atoms with Crippen LogP contribution in [0.15, 0.2) is 20.4 Å². The van der Waals surface area contributed by atoms with E-state index in [0.29, 0.717) is 13.1 Å². The van der Waals surface area contributed by atoms with Gasteiger partial charge in [0.05, 0.1) is 12.0 Å². The third kappa shape index (κ3) is 3.80. The second-order valence-corrected chi connectivity index (χ2v) is 8.06. The van der Waals surface area contributed by atoms with Crippen molar-refractivity contribution in [2.24, 2.45) is 14.1 Å². The molecule has 1 fully saturated rings. The Kier molecular flexibility index (Phi) is 5.52. The topological polar surface area (TPSA) is 111 Å². The number of carbonyl (C=O) groups is 1. The molecule has 0 aromatic carbocycles. The van der Waals surface area contributed by atoms with Crippen molar-refractivity contribution in [3.63, 3.8) is 0 Å². The summed E-state index contributed by atoms with van der Waals surface area (Å²) in [5.41, 5.74) is 1.64. The molecule has 4 rings (SSSR count). The standard InChI is InChI=1S/C20H27N7O4/c1-13-15(14(2)31-22-13)10-25-6-5-7-26(9-8-25)16(28)11-27-12-21-18-17(27)19(29)24(4)20(30)23(18)3/h12H,5-11H2,1-4H3. The highest BCUT2D eigenvalue weighted by Crippen LogP contribution is 2.16. The van der Waals surface area contributed by atoms with Gasteiger partial charge < -0.3 is 14.0 Å². The molecule has 0 N–H and O–H groups in total. The van der Waals surface area contributed by atoms with Crippen molar-refractivity contribution in [3.05, 3.63) is 44.2 Å². The highest BCUT2D eigenvalue weighted by molar-refractivity contribution is 5.79. The molecule has 0 spiro atoms. The summed E-state index contributed by atoms with van der Waals surface area (Å²) in [4.78, 5) is 46.0. The predicted molar refractivity (Wildman–Crippen MR) is 113 cm³/mol. The molecule has 11 nitrogen and oxygen atoms in total. The molecule has 31 heavy (non-hydrogen) atoms. The van der Waals surface area contributed by atoms with Gasteiger partial charge in [-0.3, -0.25) is 23.6 Å². The van der Waals surface area contributed by atoms with Crippen LogP contribution in [-0.4, -0.2) is 65.7 Å². The molecule has 0 saturated carbocycles. The third-order valence-electron chi connectivity index (χ3n) is 6.03. The number of imidazole rings is 1. The number of hydrogen-bond donors (Lipinski definition) is 0. The number of nitrogens with zero attached hydrogens (tertiary/aromatic N) is 7. The van der Waals surface area contributed by atoms with Gasteiger partial charge in [-0.05, 0) is 20.3 Å². The van der Waals surface area contributed by atoms with Crippen molar-refractivity contribution in [2.75, 3.05) is 26.2 Å². The van der Waals surface area contributed by atoms with Crippen LogP contribution < -0.4 is 11.2 Å². The fraction of sp³-hybridized carbons (Fsp3) is 0.550. The van der Waals surface area contributed by atoms with Gasteiger partial charge in [-0.15, -0.1) is 0 Å². The minimum Gasteiger partial charge on any atom is -0.361 e. The van der Waals surface area contributed by atoms with Crippen LogP contribution in [0.5, 0.6) is 0 Å². The molecule has 1 amide bonds. The summed E-state index contributed by atoms with van der Waals surface area (Å²) in [6.07, 6.45) is 2.31. The molecule has 3 aromatic rings. The zero-order chi connectivity index (χ0) is 22.3. The molecule has 0 bridgehead atoms. The average molecular weight is 429 g/mol. The molecule has 0 atom stereocenters. The van der Waals surface area contributed by atoms with Crippen LogP contribution in [0.25, 0.3) is 11.2 Å². The van der Waals surface area contributed by atoms with E-state index in [0.717, 1.165) is 47.6 Å². The largest absolute Gasteiger partial charge is 0.361 e. The van der Waals surface area contributed by atoms with E-state index in [9.17, 15) is 14.4 Å². The second kappa shape index (κ2) is 8.14. The van der Waals surface area contributed by atoms with Crippen LogP contribution in [-0.2, 0) is 32.0 Å². The lowest BCUT2D eigenvalue weighted by Crippen LogP contribution is -2.39. The van der Waals surface area contributed by atoms with E-state index in [1.54, 1.807) is 7.05 Å². The van der Waals surface area contributed by atoms with Crippen LogP contribution in [0.3, 0.4) is 0 Å². The van der Waals surface area contributed by atoms with Crippen molar-refractivity contribution < 1.29 is 9.32 Å². The van der Waals surface area contributed by atoms with Crippen LogP contribution in [0.2, 0.25) is 0 Å². The Morgan fingerprint density at radius 2 is 1.87 bits per heavy atom. The molecule has 0 unspecified atom stereocenters. The predicted octanol–water partition coefficient (Wildman–Crippen LogP) is -0.227. The van der Waals surface area contributed by atoms with E-state index in [4.69, 9.17) is 4.52 Å². The lowest BCUT2D eigenvalue weighted by Gasteiger charge is -2.22. The normalized spacial score (nSPS) is 15.5. The highest BCUT2D eigenvalue weighted by atomic mass is 16.5. The van der Waals surface area contributed by atoms with Crippen LogP contribution >= 0.6 is 0 Å². The first-order valence-corrected chi connectivity index (χ1v) is 10.3. The van der Waals surface area contributed by atoms with E-state index in [2.05, 4.69) is 15.0 Å². The number of aryl methyl sites for hydroxylation is 3. The van der Waals surface area contributed by atoms with E-state index < -0.39 is 11.2 Å². The van der Waals surface area contributed by atoms with Crippen molar-refractivity contribution in [2.45, 2.75) is 33.4 Å². The fourth-order valence-electron chi connectivity index (χ4n) is 4.09. The maximum atomic E-state index is 13.0. The molecular weight excluding hydrogens is 402 g/mol. The lowest BCUT2D eigenvalue weighted by molar-refractivity contribution is -0.131. The summed E-state index contributed by atoms with van der Waals surface area (Å²) in [5.74, 6) is 0.757. The summed E-state index contributed by atoms with van der Waals surface area (Å²) in [6, 6.07) is 0. The quantitative estimate of drug-likeness (QED) is 0.563. The number of hydrogen-bond acceptors (Lipinski definition) is 7. The molecule has 166 valence electrons. The number of fused-ring (bicyclic) bond motifs is 1. The summed E-state index contributed by atoms with van der Waals surface area (Å²) in [6.45, 7) is 7.49. The van der Waals surface area contributed by atoms with Gasteiger partial charge in [0.15, 0.2) is 11.2 Å². The number of carbonyl (C=O) groups excluding carboxylic acids is 1. The summed E-state index contributed by atoms with van der Waals surface area (Å²) in [5, 5.41) is 4.02. The molecule has 0 radical (unpaired) electrons. The van der Waals surface area contributed by atoms with Gasteiger partial charge in [0.25, 0.3) is 5.56 Å². The minimum atomic E-state index is -0.454. The Morgan fingerprint density at radius 1 is 1.10 bits per heavy atom. The average Bonchev–Trinajstić information content (AvgIpc) is 3.20. The van der Waals surface area contributed by atoms with Crippen LogP contribution in [0.1, 0.15) is 23.4 Å². The van der Waals surface area contributed by atoms with E-state index in [1.165, 1.54) is 22.5 Å². The summed E-state index contributed by atoms with van der Waals surface area (Å²) >= 11 is 0. The lowest BCUT2D eigenvalue weighted by atomic mass is 10.2. The third-order valence-corrected chi connectivity index (χ3v) is 6.03. The van der Waals surface area contributed by atoms with E-state index in [1.807, 2.05) is 18.7 Å². The van der Waals surface area contributed by atoms with E-state index >= 15 is 0 Å². The van der Waals surface area contributed by atoms with Gasteiger partial charge in [0.1, 0.15) is 12.3 Å². The molecule has 1 aliphatic heterocycles. The smallest absolute Gasteiger partial charge is 0.332 e. The Hall–Kier alpha value is -3.21. The second-order valence-electron chi connectivity index (χ2n) is 8.06. The van der Waals surface area contributed by atoms with Gasteiger partial charge in [0.2, 0.25) is 5.91 Å². The van der Waals surface area contributed by atoms with Crippen molar-refractivity contribution in [1.82, 2.24) is 33.6 Å². The molecule has 3 aromatic heterocycles. The SMILES string of the molecule is Cc1noc(C)c1CN1CCCN(C(=O)Cn2cnc3c2c(=O)n(C)c(=O)n3C)CC1. The molecule has 4 heterocycles. The van der Waals surface area contributed by atoms with Gasteiger partial charge in [-0.25, -0.2) is 9.78 Å². The van der Waals surface area contributed by atoms with E-state index in [-0.39, 0.29) is 23.6 Å². The van der Waals surface area contributed by atoms with Crippen molar-refractivity contribution in [1.29, 1.82) is 0 Å². The summed E-state index contributed by atoms with van der Waals surface area (Å²) < 4.78 is 9.14. The maximum Gasteiger partial charge on any atom is 0.332 e. The molecular formula is C20H27N7O4. The zero-order valence-electron chi connectivity index (χ0n) is 18.3. The number of rotatable bonds is 4.